The Labute approximate surface area is 109 Å². The van der Waals surface area contributed by atoms with E-state index in [1.807, 2.05) is 12.1 Å². The summed E-state index contributed by atoms with van der Waals surface area (Å²) in [5, 5.41) is 8.61. The number of nitrogens with zero attached hydrogens (tertiary/aromatic N) is 4. The molecule has 2 aromatic heterocycles. The Balaban J connectivity index is 2.07. The third-order valence-electron chi connectivity index (χ3n) is 3.46. The van der Waals surface area contributed by atoms with Gasteiger partial charge in [0.05, 0.1) is 6.04 Å². The van der Waals surface area contributed by atoms with Gasteiger partial charge in [0.25, 0.3) is 0 Å². The molecule has 1 aliphatic rings. The van der Waals surface area contributed by atoms with E-state index in [1.165, 1.54) is 19.4 Å². The highest BCUT2D eigenvalue weighted by Crippen LogP contribution is 2.30. The molecule has 0 spiro atoms. The lowest BCUT2D eigenvalue weighted by atomic mass is 10.2. The average Bonchev–Trinajstić information content (AvgIpc) is 2.93. The SMILES string of the molecule is CCN1CCCC1c1nnc2ccc(Br)cn12. The van der Waals surface area contributed by atoms with Gasteiger partial charge in [-0.25, -0.2) is 0 Å². The first kappa shape index (κ1) is 11.2. The lowest BCUT2D eigenvalue weighted by molar-refractivity contribution is 0.261. The molecule has 3 heterocycles. The minimum atomic E-state index is 0.421. The van der Waals surface area contributed by atoms with Crippen LogP contribution in [-0.2, 0) is 0 Å². The molecule has 1 unspecified atom stereocenters. The van der Waals surface area contributed by atoms with Crippen LogP contribution < -0.4 is 0 Å². The van der Waals surface area contributed by atoms with E-state index in [-0.39, 0.29) is 0 Å². The van der Waals surface area contributed by atoms with Gasteiger partial charge in [0.1, 0.15) is 0 Å². The Morgan fingerprint density at radius 3 is 3.12 bits per heavy atom. The summed E-state index contributed by atoms with van der Waals surface area (Å²) in [5.74, 6) is 1.07. The number of aromatic nitrogens is 3. The molecule has 0 radical (unpaired) electrons. The molecule has 5 heteroatoms. The lowest BCUT2D eigenvalue weighted by Gasteiger charge is -2.20. The Bertz CT molecular complexity index is 536. The summed E-state index contributed by atoms with van der Waals surface area (Å²) in [6.07, 6.45) is 4.49. The van der Waals surface area contributed by atoms with Crippen molar-refractivity contribution >= 4 is 21.6 Å². The first-order valence-corrected chi connectivity index (χ1v) is 6.83. The molecule has 0 aromatic carbocycles. The highest BCUT2D eigenvalue weighted by Gasteiger charge is 2.28. The maximum absolute atomic E-state index is 4.37. The third kappa shape index (κ3) is 1.87. The van der Waals surface area contributed by atoms with Gasteiger partial charge in [0.15, 0.2) is 11.5 Å². The second-order valence-corrected chi connectivity index (χ2v) is 5.34. The Hall–Kier alpha value is -0.940. The van der Waals surface area contributed by atoms with Gasteiger partial charge >= 0.3 is 0 Å². The molecule has 1 aliphatic heterocycles. The molecule has 0 bridgehead atoms. The Morgan fingerprint density at radius 1 is 1.41 bits per heavy atom. The third-order valence-corrected chi connectivity index (χ3v) is 3.93. The molecule has 0 aliphatic carbocycles. The van der Waals surface area contributed by atoms with Crippen molar-refractivity contribution in [1.29, 1.82) is 0 Å². The fourth-order valence-corrected chi connectivity index (χ4v) is 2.94. The van der Waals surface area contributed by atoms with Crippen molar-refractivity contribution in [3.63, 3.8) is 0 Å². The summed E-state index contributed by atoms with van der Waals surface area (Å²) in [6, 6.07) is 4.41. The summed E-state index contributed by atoms with van der Waals surface area (Å²) >= 11 is 3.50. The van der Waals surface area contributed by atoms with Gasteiger partial charge in [0, 0.05) is 10.7 Å². The van der Waals surface area contributed by atoms with Crippen LogP contribution in [0.1, 0.15) is 31.6 Å². The fraction of sp³-hybridized carbons (Fsp3) is 0.500. The summed E-state index contributed by atoms with van der Waals surface area (Å²) in [6.45, 7) is 4.45. The molecule has 90 valence electrons. The van der Waals surface area contributed by atoms with Crippen molar-refractivity contribution in [2.75, 3.05) is 13.1 Å². The number of fused-ring (bicyclic) bond motifs is 1. The van der Waals surface area contributed by atoms with Crippen LogP contribution in [0.4, 0.5) is 0 Å². The van der Waals surface area contributed by atoms with E-state index in [4.69, 9.17) is 0 Å². The monoisotopic (exact) mass is 294 g/mol. The molecule has 1 atom stereocenters. The predicted molar refractivity (Wildman–Crippen MR) is 69.9 cm³/mol. The largest absolute Gasteiger partial charge is 0.294 e. The van der Waals surface area contributed by atoms with Crippen LogP contribution in [0, 0.1) is 0 Å². The number of halogens is 1. The molecular weight excluding hydrogens is 280 g/mol. The molecule has 0 N–H and O–H groups in total. The van der Waals surface area contributed by atoms with E-state index in [0.717, 1.165) is 22.5 Å². The zero-order valence-corrected chi connectivity index (χ0v) is 11.4. The Kier molecular flexibility index (Phi) is 2.88. The number of rotatable bonds is 2. The fourth-order valence-electron chi connectivity index (χ4n) is 2.61. The van der Waals surface area contributed by atoms with Gasteiger partial charge in [-0.2, -0.15) is 0 Å². The van der Waals surface area contributed by atoms with Crippen molar-refractivity contribution in [3.8, 4) is 0 Å². The quantitative estimate of drug-likeness (QED) is 0.854. The molecule has 3 rings (SSSR count). The normalized spacial score (nSPS) is 21.4. The van der Waals surface area contributed by atoms with Gasteiger partial charge in [-0.1, -0.05) is 6.92 Å². The lowest BCUT2D eigenvalue weighted by Crippen LogP contribution is -2.24. The minimum absolute atomic E-state index is 0.421. The molecule has 0 amide bonds. The molecular formula is C12H15BrN4. The number of hydrogen-bond donors (Lipinski definition) is 0. The molecule has 1 saturated heterocycles. The van der Waals surface area contributed by atoms with Crippen LogP contribution in [0.25, 0.3) is 5.65 Å². The predicted octanol–water partition coefficient (Wildman–Crippen LogP) is 2.65. The first-order chi connectivity index (χ1) is 8.29. The Morgan fingerprint density at radius 2 is 2.29 bits per heavy atom. The standard InChI is InChI=1S/C12H15BrN4/c1-2-16-7-3-4-10(16)12-15-14-11-6-5-9(13)8-17(11)12/h5-6,8,10H,2-4,7H2,1H3. The molecule has 0 saturated carbocycles. The highest BCUT2D eigenvalue weighted by molar-refractivity contribution is 9.10. The van der Waals surface area contributed by atoms with Gasteiger partial charge < -0.3 is 0 Å². The van der Waals surface area contributed by atoms with Crippen LogP contribution in [0.5, 0.6) is 0 Å². The van der Waals surface area contributed by atoms with E-state index in [0.29, 0.717) is 6.04 Å². The van der Waals surface area contributed by atoms with Crippen LogP contribution in [0.2, 0.25) is 0 Å². The van der Waals surface area contributed by atoms with E-state index in [2.05, 4.69) is 48.5 Å². The smallest absolute Gasteiger partial charge is 0.160 e. The average molecular weight is 295 g/mol. The number of hydrogen-bond acceptors (Lipinski definition) is 3. The van der Waals surface area contributed by atoms with Gasteiger partial charge in [0.2, 0.25) is 0 Å². The molecule has 2 aromatic rings. The van der Waals surface area contributed by atoms with E-state index < -0.39 is 0 Å². The first-order valence-electron chi connectivity index (χ1n) is 6.04. The number of pyridine rings is 1. The van der Waals surface area contributed by atoms with Crippen molar-refractivity contribution in [2.45, 2.75) is 25.8 Å². The van der Waals surface area contributed by atoms with Gasteiger partial charge in [-0.05, 0) is 54.0 Å². The molecule has 17 heavy (non-hydrogen) atoms. The zero-order chi connectivity index (χ0) is 11.8. The highest BCUT2D eigenvalue weighted by atomic mass is 79.9. The minimum Gasteiger partial charge on any atom is -0.294 e. The molecule has 4 nitrogen and oxygen atoms in total. The topological polar surface area (TPSA) is 33.4 Å². The maximum atomic E-state index is 4.37. The maximum Gasteiger partial charge on any atom is 0.160 e. The van der Waals surface area contributed by atoms with Crippen LogP contribution in [0.3, 0.4) is 0 Å². The van der Waals surface area contributed by atoms with Crippen LogP contribution >= 0.6 is 15.9 Å². The second kappa shape index (κ2) is 4.38. The second-order valence-electron chi connectivity index (χ2n) is 4.42. The van der Waals surface area contributed by atoms with Gasteiger partial charge in [-0.3, -0.25) is 9.30 Å². The van der Waals surface area contributed by atoms with Crippen molar-refractivity contribution in [3.05, 3.63) is 28.6 Å². The summed E-state index contributed by atoms with van der Waals surface area (Å²) in [7, 11) is 0. The van der Waals surface area contributed by atoms with Gasteiger partial charge in [-0.15, -0.1) is 10.2 Å². The van der Waals surface area contributed by atoms with Crippen molar-refractivity contribution < 1.29 is 0 Å². The van der Waals surface area contributed by atoms with Crippen molar-refractivity contribution in [2.24, 2.45) is 0 Å². The van der Waals surface area contributed by atoms with Crippen LogP contribution in [-0.4, -0.2) is 32.6 Å². The number of likely N-dealkylation sites (tertiary alicyclic amines) is 1. The summed E-state index contributed by atoms with van der Waals surface area (Å²) < 4.78 is 3.16. The zero-order valence-electron chi connectivity index (χ0n) is 9.80. The van der Waals surface area contributed by atoms with Crippen molar-refractivity contribution in [1.82, 2.24) is 19.5 Å². The molecule has 1 fully saturated rings. The summed E-state index contributed by atoms with van der Waals surface area (Å²) in [5.41, 5.74) is 0.922. The van der Waals surface area contributed by atoms with E-state index in [9.17, 15) is 0 Å². The summed E-state index contributed by atoms with van der Waals surface area (Å²) in [4.78, 5) is 2.47. The van der Waals surface area contributed by atoms with E-state index in [1.54, 1.807) is 0 Å². The van der Waals surface area contributed by atoms with E-state index >= 15 is 0 Å². The van der Waals surface area contributed by atoms with Crippen LogP contribution in [0.15, 0.2) is 22.8 Å².